The number of pyridine rings is 1. The van der Waals surface area contributed by atoms with E-state index >= 15 is 0 Å². The van der Waals surface area contributed by atoms with Crippen molar-refractivity contribution in [1.29, 1.82) is 0 Å². The number of hydrogen-bond donors (Lipinski definition) is 3. The van der Waals surface area contributed by atoms with Crippen LogP contribution in [0.4, 0.5) is 14.5 Å². The van der Waals surface area contributed by atoms with Gasteiger partial charge >= 0.3 is 0 Å². The number of carbonyl (C=O) groups excluding carboxylic acids is 4. The Hall–Kier alpha value is -4.71. The summed E-state index contributed by atoms with van der Waals surface area (Å²) in [7, 11) is 0. The highest BCUT2D eigenvalue weighted by molar-refractivity contribution is 5.99. The molecule has 1 aromatic heterocycles. The molecule has 2 saturated heterocycles. The van der Waals surface area contributed by atoms with Crippen molar-refractivity contribution in [3.8, 4) is 0 Å². The number of anilines is 1. The molecule has 7 rings (SSSR count). The van der Waals surface area contributed by atoms with Crippen molar-refractivity contribution in [2.75, 3.05) is 31.1 Å². The smallest absolute Gasteiger partial charge is 0.270 e. The molecule has 3 aliphatic heterocycles. The highest BCUT2D eigenvalue weighted by atomic mass is 19.1. The molecule has 1 saturated carbocycles. The molecule has 4 amide bonds. The van der Waals surface area contributed by atoms with Crippen LogP contribution in [0.25, 0.3) is 17.0 Å². The first-order valence-electron chi connectivity index (χ1n) is 17.6. The van der Waals surface area contributed by atoms with E-state index in [1.165, 1.54) is 29.2 Å². The Labute approximate surface area is 289 Å². The van der Waals surface area contributed by atoms with Crippen LogP contribution < -0.4 is 20.9 Å². The van der Waals surface area contributed by atoms with Crippen LogP contribution in [-0.2, 0) is 20.8 Å². The van der Waals surface area contributed by atoms with Gasteiger partial charge in [-0.25, -0.2) is 13.8 Å². The molecule has 3 fully saturated rings. The van der Waals surface area contributed by atoms with E-state index in [-0.39, 0.29) is 30.6 Å². The van der Waals surface area contributed by atoms with E-state index in [4.69, 9.17) is 0 Å². The third-order valence-corrected chi connectivity index (χ3v) is 10.2. The summed E-state index contributed by atoms with van der Waals surface area (Å²) in [6.07, 6.45) is 8.55. The Bertz CT molecular complexity index is 1860. The van der Waals surface area contributed by atoms with Crippen LogP contribution in [0.2, 0.25) is 0 Å². The molecule has 3 aromatic rings. The van der Waals surface area contributed by atoms with Gasteiger partial charge in [0, 0.05) is 24.0 Å². The molecular weight excluding hydrogens is 642 g/mol. The Kier molecular flexibility index (Phi) is 9.63. The zero-order chi connectivity index (χ0) is 34.9. The Morgan fingerprint density at radius 2 is 1.92 bits per heavy atom. The van der Waals surface area contributed by atoms with Gasteiger partial charge in [0.15, 0.2) is 0 Å². The Morgan fingerprint density at radius 1 is 1.08 bits per heavy atom. The zero-order valence-electron chi connectivity index (χ0n) is 28.1. The highest BCUT2D eigenvalue weighted by Gasteiger charge is 2.40. The normalized spacial score (nSPS) is 22.5. The molecule has 2 aromatic carbocycles. The topological polar surface area (TPSA) is 124 Å². The predicted molar refractivity (Wildman–Crippen MR) is 186 cm³/mol. The SMILES string of the molecule is C[C@H](NC(=O)[C@@H]1C[C@@H](F)CN1C(=O)CNC(=O)c1ccc2cc(F)ccc2n1)c1cc2c(cc1/C=C/C1CC1)CCCN2C(=O)[C@@H]1CCCN1. The highest BCUT2D eigenvalue weighted by Crippen LogP contribution is 2.36. The number of aromatic nitrogens is 1. The summed E-state index contributed by atoms with van der Waals surface area (Å²) in [5.74, 6) is -1.51. The van der Waals surface area contributed by atoms with Crippen molar-refractivity contribution in [2.24, 2.45) is 5.92 Å². The van der Waals surface area contributed by atoms with E-state index in [9.17, 15) is 28.0 Å². The monoisotopic (exact) mass is 684 g/mol. The van der Waals surface area contributed by atoms with Crippen LogP contribution >= 0.6 is 0 Å². The number of likely N-dealkylation sites (tertiary alicyclic amines) is 1. The van der Waals surface area contributed by atoms with Crippen molar-refractivity contribution in [1.82, 2.24) is 25.8 Å². The van der Waals surface area contributed by atoms with Crippen LogP contribution in [-0.4, -0.2) is 77.9 Å². The second kappa shape index (κ2) is 14.3. The fourth-order valence-electron chi connectivity index (χ4n) is 7.30. The number of amides is 4. The van der Waals surface area contributed by atoms with E-state index in [1.807, 2.05) is 17.9 Å². The summed E-state index contributed by atoms with van der Waals surface area (Å²) < 4.78 is 28.3. The maximum Gasteiger partial charge on any atom is 0.270 e. The van der Waals surface area contributed by atoms with Crippen molar-refractivity contribution in [2.45, 2.75) is 76.2 Å². The lowest BCUT2D eigenvalue weighted by molar-refractivity contribution is -0.138. The molecule has 0 bridgehead atoms. The van der Waals surface area contributed by atoms with Crippen LogP contribution in [0.5, 0.6) is 0 Å². The van der Waals surface area contributed by atoms with Crippen molar-refractivity contribution < 1.29 is 28.0 Å². The van der Waals surface area contributed by atoms with Gasteiger partial charge in [-0.3, -0.25) is 19.2 Å². The van der Waals surface area contributed by atoms with E-state index < -0.39 is 48.3 Å². The van der Waals surface area contributed by atoms with Crippen LogP contribution in [0.3, 0.4) is 0 Å². The number of aryl methyl sites for hydroxylation is 1. The van der Waals surface area contributed by atoms with Crippen molar-refractivity contribution in [3.05, 3.63) is 76.7 Å². The van der Waals surface area contributed by atoms with E-state index in [0.717, 1.165) is 67.4 Å². The van der Waals surface area contributed by atoms with Gasteiger partial charge in [0.25, 0.3) is 5.91 Å². The number of nitrogens with zero attached hydrogens (tertiary/aromatic N) is 3. The molecule has 10 nitrogen and oxygen atoms in total. The summed E-state index contributed by atoms with van der Waals surface area (Å²) in [4.78, 5) is 60.7. The zero-order valence-corrected chi connectivity index (χ0v) is 28.1. The Morgan fingerprint density at radius 3 is 2.70 bits per heavy atom. The summed E-state index contributed by atoms with van der Waals surface area (Å²) >= 11 is 0. The number of benzene rings is 2. The predicted octanol–water partition coefficient (Wildman–Crippen LogP) is 4.37. The molecule has 50 heavy (non-hydrogen) atoms. The number of halogens is 2. The van der Waals surface area contributed by atoms with Gasteiger partial charge in [-0.05, 0) is 111 Å². The molecule has 4 aliphatic rings. The summed E-state index contributed by atoms with van der Waals surface area (Å²) in [6, 6.07) is 9.40. The molecule has 3 N–H and O–H groups in total. The maximum absolute atomic E-state index is 14.8. The van der Waals surface area contributed by atoms with Crippen molar-refractivity contribution in [3.63, 3.8) is 0 Å². The van der Waals surface area contributed by atoms with Crippen LogP contribution in [0.15, 0.2) is 48.5 Å². The first kappa shape index (κ1) is 33.8. The average molecular weight is 685 g/mol. The third-order valence-electron chi connectivity index (χ3n) is 10.2. The van der Waals surface area contributed by atoms with Gasteiger partial charge < -0.3 is 25.8 Å². The fourth-order valence-corrected chi connectivity index (χ4v) is 7.30. The van der Waals surface area contributed by atoms with Crippen LogP contribution in [0, 0.1) is 11.7 Å². The number of alkyl halides is 1. The fraction of sp³-hybridized carbons (Fsp3) is 0.447. The standard InChI is InChI=1S/C38H42F2N6O4/c1-22(29-19-33-26(16-24(29)9-8-23-6-7-23)4-3-15-45(33)38(50)32-5-2-14-41-32)43-37(49)34-18-28(40)21-46(34)35(47)20-42-36(48)31-12-10-25-17-27(39)11-13-30(25)44-31/h8-13,16-17,19,22-23,28,32,34,41H,2-7,14-15,18,20-21H2,1H3,(H,42,48)(H,43,49)/b9-8+/t22-,28+,32-,34-/m0/s1. The van der Waals surface area contributed by atoms with Gasteiger partial charge in [-0.2, -0.15) is 0 Å². The van der Waals surface area contributed by atoms with Gasteiger partial charge in [0.05, 0.1) is 30.7 Å². The van der Waals surface area contributed by atoms with Crippen molar-refractivity contribution >= 4 is 46.3 Å². The Balaban J connectivity index is 1.05. The van der Waals surface area contributed by atoms with Gasteiger partial charge in [-0.1, -0.05) is 18.2 Å². The van der Waals surface area contributed by atoms with E-state index in [0.29, 0.717) is 23.4 Å². The molecule has 262 valence electrons. The van der Waals surface area contributed by atoms with E-state index in [2.05, 4.69) is 39.2 Å². The number of rotatable bonds is 9. The second-order valence-electron chi connectivity index (χ2n) is 13.9. The quantitative estimate of drug-likeness (QED) is 0.308. The molecule has 4 heterocycles. The van der Waals surface area contributed by atoms with Crippen LogP contribution in [0.1, 0.15) is 78.7 Å². The minimum atomic E-state index is -1.40. The minimum Gasteiger partial charge on any atom is -0.348 e. The minimum absolute atomic E-state index is 0.0428. The molecule has 0 radical (unpaired) electrons. The molecule has 0 unspecified atom stereocenters. The second-order valence-corrected chi connectivity index (χ2v) is 13.9. The van der Waals surface area contributed by atoms with E-state index in [1.54, 1.807) is 6.07 Å². The largest absolute Gasteiger partial charge is 0.348 e. The summed E-state index contributed by atoms with van der Waals surface area (Å²) in [5, 5.41) is 9.40. The average Bonchev–Trinajstić information content (AvgIpc) is 3.60. The molecule has 4 atom stereocenters. The van der Waals surface area contributed by atoms with Gasteiger partial charge in [0.2, 0.25) is 17.7 Å². The number of fused-ring (bicyclic) bond motifs is 2. The van der Waals surface area contributed by atoms with Gasteiger partial charge in [-0.15, -0.1) is 0 Å². The summed E-state index contributed by atoms with van der Waals surface area (Å²) in [6.45, 7) is 2.61. The number of hydrogen-bond acceptors (Lipinski definition) is 6. The number of nitrogens with one attached hydrogen (secondary N) is 3. The van der Waals surface area contributed by atoms with Gasteiger partial charge in [0.1, 0.15) is 23.7 Å². The number of carbonyl (C=O) groups is 4. The molecule has 0 spiro atoms. The lowest BCUT2D eigenvalue weighted by atomic mass is 9.91. The lowest BCUT2D eigenvalue weighted by Crippen LogP contribution is -2.49. The number of allylic oxidation sites excluding steroid dienone is 1. The molecule has 1 aliphatic carbocycles. The molecule has 12 heteroatoms. The summed E-state index contributed by atoms with van der Waals surface area (Å²) in [5.41, 5.74) is 4.24. The maximum atomic E-state index is 14.8. The molecular formula is C38H42F2N6O4. The first-order chi connectivity index (χ1) is 24.1. The lowest BCUT2D eigenvalue weighted by Gasteiger charge is -2.33. The third kappa shape index (κ3) is 7.26. The first-order valence-corrected chi connectivity index (χ1v) is 17.6.